The zero-order valence-electron chi connectivity index (χ0n) is 21.0. The van der Waals surface area contributed by atoms with Crippen molar-refractivity contribution in [2.45, 2.75) is 57.4 Å². The van der Waals surface area contributed by atoms with Crippen molar-refractivity contribution in [1.29, 1.82) is 0 Å². The summed E-state index contributed by atoms with van der Waals surface area (Å²) in [6.45, 7) is 0. The van der Waals surface area contributed by atoms with Gasteiger partial charge in [0, 0.05) is 40.4 Å². The van der Waals surface area contributed by atoms with Crippen LogP contribution in [0.3, 0.4) is 0 Å². The Kier molecular flexibility index (Phi) is 7.95. The van der Waals surface area contributed by atoms with Gasteiger partial charge >= 0.3 is 5.97 Å². The van der Waals surface area contributed by atoms with Crippen LogP contribution in [0.4, 0.5) is 9.52 Å². The average molecular weight is 558 g/mol. The van der Waals surface area contributed by atoms with E-state index in [0.717, 1.165) is 55.4 Å². The Labute approximate surface area is 229 Å². The second kappa shape index (κ2) is 11.4. The van der Waals surface area contributed by atoms with E-state index in [9.17, 15) is 14.7 Å². The van der Waals surface area contributed by atoms with Gasteiger partial charge in [-0.3, -0.25) is 14.5 Å². The van der Waals surface area contributed by atoms with Gasteiger partial charge in [-0.05, 0) is 48.9 Å². The van der Waals surface area contributed by atoms with Crippen molar-refractivity contribution in [1.82, 2.24) is 9.97 Å². The number of thiazole rings is 1. The number of rotatable bonds is 10. The van der Waals surface area contributed by atoms with Crippen molar-refractivity contribution in [2.75, 3.05) is 12.0 Å². The zero-order valence-corrected chi connectivity index (χ0v) is 22.6. The van der Waals surface area contributed by atoms with E-state index < -0.39 is 17.0 Å². The van der Waals surface area contributed by atoms with Crippen LogP contribution in [0.15, 0.2) is 36.5 Å². The Morgan fingerprint density at radius 3 is 2.58 bits per heavy atom. The molecule has 0 bridgehead atoms. The van der Waals surface area contributed by atoms with E-state index in [1.165, 1.54) is 7.11 Å². The Balaban J connectivity index is 1.49. The molecule has 38 heavy (non-hydrogen) atoms. The fourth-order valence-electron chi connectivity index (χ4n) is 5.28. The third-order valence-corrected chi connectivity index (χ3v) is 8.36. The fourth-order valence-corrected chi connectivity index (χ4v) is 6.33. The molecule has 0 radical (unpaired) electrons. The van der Waals surface area contributed by atoms with Gasteiger partial charge in [0.15, 0.2) is 5.13 Å². The van der Waals surface area contributed by atoms with Crippen LogP contribution in [0.5, 0.6) is 5.88 Å². The highest BCUT2D eigenvalue weighted by Crippen LogP contribution is 2.43. The molecule has 2 aromatic heterocycles. The molecule has 0 saturated heterocycles. The monoisotopic (exact) mass is 557 g/mol. The zero-order chi connectivity index (χ0) is 26.8. The molecule has 2 heterocycles. The predicted molar refractivity (Wildman–Crippen MR) is 145 cm³/mol. The van der Waals surface area contributed by atoms with Gasteiger partial charge in [0.05, 0.1) is 13.5 Å². The number of aliphatic carboxylic acids is 1. The number of benzene rings is 1. The molecule has 0 unspecified atom stereocenters. The number of aromatic nitrogens is 2. The van der Waals surface area contributed by atoms with Crippen molar-refractivity contribution in [2.24, 2.45) is 11.8 Å². The average Bonchev–Trinajstić information content (AvgIpc) is 3.45. The van der Waals surface area contributed by atoms with Crippen LogP contribution in [0.25, 0.3) is 22.4 Å². The molecule has 1 N–H and O–H groups in total. The standard InChI is InChI=1S/C28H29ClFN3O4S/c1-37-23-11-6-17(15-31-23)21-10-7-19(29)14-22(21)25-26(30)38-28(32-25)33(20-8-9-20)27(36)18(13-24(34)35)12-16-4-2-3-5-16/h6-7,10-11,14-16,18,20H,2-5,8-9,12-13H2,1H3,(H,34,35)/t18-/m1/s1. The highest BCUT2D eigenvalue weighted by atomic mass is 35.5. The summed E-state index contributed by atoms with van der Waals surface area (Å²) >= 11 is 7.11. The fraction of sp³-hybridized carbons (Fsp3) is 0.429. The molecule has 3 aromatic rings. The van der Waals surface area contributed by atoms with Gasteiger partial charge in [-0.15, -0.1) is 0 Å². The Morgan fingerprint density at radius 2 is 1.95 bits per heavy atom. The molecule has 0 aliphatic heterocycles. The van der Waals surface area contributed by atoms with E-state index in [1.807, 2.05) is 6.07 Å². The van der Waals surface area contributed by atoms with Crippen molar-refractivity contribution in [3.8, 4) is 28.3 Å². The highest BCUT2D eigenvalue weighted by molar-refractivity contribution is 7.14. The first kappa shape index (κ1) is 26.6. The van der Waals surface area contributed by atoms with Gasteiger partial charge in [-0.1, -0.05) is 54.7 Å². The Bertz CT molecular complexity index is 1320. The number of pyridine rings is 1. The summed E-state index contributed by atoms with van der Waals surface area (Å²) in [5.41, 5.74) is 2.01. The number of carboxylic acid groups (broad SMARTS) is 1. The molecule has 10 heteroatoms. The number of amides is 1. The maximum atomic E-state index is 15.5. The van der Waals surface area contributed by atoms with E-state index in [4.69, 9.17) is 16.3 Å². The molecule has 200 valence electrons. The number of methoxy groups -OCH3 is 1. The molecule has 1 aromatic carbocycles. The summed E-state index contributed by atoms with van der Waals surface area (Å²) in [5.74, 6) is -1.12. The summed E-state index contributed by atoms with van der Waals surface area (Å²) in [6.07, 6.45) is 7.75. The molecule has 2 saturated carbocycles. The number of hydrogen-bond acceptors (Lipinski definition) is 6. The molecular formula is C28H29ClFN3O4S. The normalized spacial score (nSPS) is 16.4. The van der Waals surface area contributed by atoms with Crippen LogP contribution in [0, 0.1) is 17.0 Å². The van der Waals surface area contributed by atoms with Gasteiger partial charge in [0.25, 0.3) is 0 Å². The van der Waals surface area contributed by atoms with Crippen molar-refractivity contribution in [3.63, 3.8) is 0 Å². The van der Waals surface area contributed by atoms with Crippen LogP contribution in [0.1, 0.15) is 51.4 Å². The van der Waals surface area contributed by atoms with Gasteiger partial charge in [-0.2, -0.15) is 4.39 Å². The van der Waals surface area contributed by atoms with Crippen molar-refractivity contribution >= 4 is 39.9 Å². The van der Waals surface area contributed by atoms with E-state index in [-0.39, 0.29) is 29.2 Å². The molecule has 1 atom stereocenters. The number of anilines is 1. The lowest BCUT2D eigenvalue weighted by molar-refractivity contribution is -0.141. The number of carbonyl (C=O) groups excluding carboxylic acids is 1. The van der Waals surface area contributed by atoms with Crippen molar-refractivity contribution in [3.05, 3.63) is 46.7 Å². The second-order valence-corrected chi connectivity index (χ2v) is 11.4. The largest absolute Gasteiger partial charge is 0.481 e. The minimum atomic E-state index is -1.00. The number of carboxylic acids is 1. The maximum absolute atomic E-state index is 15.5. The Morgan fingerprint density at radius 1 is 1.18 bits per heavy atom. The third kappa shape index (κ3) is 5.83. The van der Waals surface area contributed by atoms with Gasteiger partial charge in [0.2, 0.25) is 16.9 Å². The first-order valence-electron chi connectivity index (χ1n) is 12.9. The van der Waals surface area contributed by atoms with Gasteiger partial charge in [-0.25, -0.2) is 9.97 Å². The third-order valence-electron chi connectivity index (χ3n) is 7.29. The lowest BCUT2D eigenvalue weighted by Gasteiger charge is -2.26. The molecule has 2 aliphatic carbocycles. The maximum Gasteiger partial charge on any atom is 0.304 e. The number of hydrogen-bond donors (Lipinski definition) is 1. The minimum Gasteiger partial charge on any atom is -0.481 e. The summed E-state index contributed by atoms with van der Waals surface area (Å²) in [4.78, 5) is 35.9. The van der Waals surface area contributed by atoms with Gasteiger partial charge in [0.1, 0.15) is 5.69 Å². The lowest BCUT2D eigenvalue weighted by atomic mass is 9.90. The summed E-state index contributed by atoms with van der Waals surface area (Å²) in [6, 6.07) is 8.61. The molecule has 2 aliphatic rings. The van der Waals surface area contributed by atoms with Crippen LogP contribution in [0.2, 0.25) is 5.02 Å². The smallest absolute Gasteiger partial charge is 0.304 e. The number of carbonyl (C=O) groups is 2. The summed E-state index contributed by atoms with van der Waals surface area (Å²) in [7, 11) is 1.53. The van der Waals surface area contributed by atoms with E-state index in [1.54, 1.807) is 35.4 Å². The molecular weight excluding hydrogens is 529 g/mol. The van der Waals surface area contributed by atoms with Gasteiger partial charge < -0.3 is 9.84 Å². The minimum absolute atomic E-state index is 0.0922. The molecule has 7 nitrogen and oxygen atoms in total. The highest BCUT2D eigenvalue weighted by Gasteiger charge is 2.40. The Hall–Kier alpha value is -3.04. The van der Waals surface area contributed by atoms with Crippen molar-refractivity contribution < 1.29 is 23.8 Å². The first-order chi connectivity index (χ1) is 18.3. The number of ether oxygens (including phenoxy) is 1. The molecule has 5 rings (SSSR count). The quantitative estimate of drug-likeness (QED) is 0.293. The number of halogens is 2. The second-order valence-electron chi connectivity index (χ2n) is 10.0. The number of nitrogens with zero attached hydrogens (tertiary/aromatic N) is 3. The van der Waals surface area contributed by atoms with Crippen LogP contribution in [-0.2, 0) is 9.59 Å². The lowest BCUT2D eigenvalue weighted by Crippen LogP contribution is -2.39. The molecule has 2 fully saturated rings. The van der Waals surface area contributed by atoms with E-state index in [2.05, 4.69) is 9.97 Å². The summed E-state index contributed by atoms with van der Waals surface area (Å²) < 4.78 is 20.7. The summed E-state index contributed by atoms with van der Waals surface area (Å²) in [5, 5.41) is 9.68. The topological polar surface area (TPSA) is 92.6 Å². The first-order valence-corrected chi connectivity index (χ1v) is 14.0. The SMILES string of the molecule is COc1ccc(-c2ccc(Cl)cc2-c2nc(N(C(=O)[C@@H](CC(=O)O)CC3CCCC3)C3CC3)sc2F)cn1. The molecule has 1 amide bonds. The van der Waals surface area contributed by atoms with Crippen LogP contribution < -0.4 is 9.64 Å². The predicted octanol–water partition coefficient (Wildman–Crippen LogP) is 6.84. The van der Waals surface area contributed by atoms with E-state index >= 15 is 4.39 Å². The van der Waals surface area contributed by atoms with Crippen LogP contribution >= 0.6 is 22.9 Å². The van der Waals surface area contributed by atoms with Crippen LogP contribution in [-0.4, -0.2) is 40.1 Å². The molecule has 0 spiro atoms. The van der Waals surface area contributed by atoms with E-state index in [0.29, 0.717) is 34.4 Å².